The summed E-state index contributed by atoms with van der Waals surface area (Å²) in [4.78, 5) is 0. The summed E-state index contributed by atoms with van der Waals surface area (Å²) in [7, 11) is -1.35. The Balaban J connectivity index is 2.16. The summed E-state index contributed by atoms with van der Waals surface area (Å²) in [6, 6.07) is 9.49. The Morgan fingerprint density at radius 3 is 2.52 bits per heavy atom. The Morgan fingerprint density at radius 2 is 1.95 bits per heavy atom. The molecule has 21 heavy (non-hydrogen) atoms. The summed E-state index contributed by atoms with van der Waals surface area (Å²) in [6.45, 7) is 5.90. The summed E-state index contributed by atoms with van der Waals surface area (Å²) < 4.78 is 12.9. The van der Waals surface area contributed by atoms with Crippen molar-refractivity contribution in [1.82, 2.24) is 9.78 Å². The van der Waals surface area contributed by atoms with Gasteiger partial charge in [-0.2, -0.15) is 5.10 Å². The van der Waals surface area contributed by atoms with Crippen molar-refractivity contribution in [3.8, 4) is 5.69 Å². The highest BCUT2D eigenvalue weighted by Gasteiger charge is 2.27. The lowest BCUT2D eigenvalue weighted by Gasteiger charge is -2.24. The van der Waals surface area contributed by atoms with Gasteiger partial charge in [0.25, 0.3) is 0 Å². The molecular weight excluding hydrogens is 306 g/mol. The Hall–Kier alpha value is -1.17. The first-order valence-electron chi connectivity index (χ1n) is 6.77. The van der Waals surface area contributed by atoms with Crippen molar-refractivity contribution in [2.24, 2.45) is 5.14 Å². The normalized spacial score (nSPS) is 14.9. The molecule has 2 rings (SSSR count). The van der Waals surface area contributed by atoms with Gasteiger partial charge in [-0.05, 0) is 50.6 Å². The average Bonchev–Trinajstić information content (AvgIpc) is 2.88. The molecule has 0 aliphatic rings. The first kappa shape index (κ1) is 16.2. The van der Waals surface area contributed by atoms with E-state index in [0.29, 0.717) is 11.4 Å². The predicted octanol–water partition coefficient (Wildman–Crippen LogP) is 3.42. The van der Waals surface area contributed by atoms with Crippen LogP contribution in [0.4, 0.5) is 0 Å². The third-order valence-electron chi connectivity index (χ3n) is 3.55. The molecule has 0 fully saturated rings. The van der Waals surface area contributed by atoms with Crippen LogP contribution in [-0.4, -0.2) is 18.7 Å². The van der Waals surface area contributed by atoms with Crippen LogP contribution in [0.2, 0.25) is 5.02 Å². The SMILES string of the molecule is C[C@@H](CC(C)(C)S(N)=O)c1ccn(-c2ccc(Cl)cc2)n1. The van der Waals surface area contributed by atoms with Crippen LogP contribution in [-0.2, 0) is 11.0 Å². The fourth-order valence-corrected chi connectivity index (χ4v) is 2.80. The quantitative estimate of drug-likeness (QED) is 0.915. The fourth-order valence-electron chi connectivity index (χ4n) is 2.26. The zero-order valence-corrected chi connectivity index (χ0v) is 14.0. The standard InChI is InChI=1S/C15H20ClN3OS/c1-11(10-15(2,3)21(17)20)14-8-9-19(18-14)13-6-4-12(16)5-7-13/h4-9,11H,10,17H2,1-3H3/t11-,21?/m0/s1. The van der Waals surface area contributed by atoms with Crippen LogP contribution in [0.1, 0.15) is 38.8 Å². The van der Waals surface area contributed by atoms with Gasteiger partial charge in [-0.1, -0.05) is 18.5 Å². The first-order valence-corrected chi connectivity index (χ1v) is 8.36. The van der Waals surface area contributed by atoms with Crippen molar-refractivity contribution < 1.29 is 4.21 Å². The van der Waals surface area contributed by atoms with E-state index in [1.165, 1.54) is 0 Å². The van der Waals surface area contributed by atoms with E-state index in [4.69, 9.17) is 16.7 Å². The van der Waals surface area contributed by atoms with Crippen molar-refractivity contribution in [1.29, 1.82) is 0 Å². The Labute approximate surface area is 132 Å². The number of halogens is 1. The van der Waals surface area contributed by atoms with Crippen molar-refractivity contribution in [2.45, 2.75) is 37.9 Å². The minimum atomic E-state index is -1.35. The van der Waals surface area contributed by atoms with Crippen molar-refractivity contribution in [3.63, 3.8) is 0 Å². The van der Waals surface area contributed by atoms with E-state index in [1.807, 2.05) is 55.1 Å². The number of rotatable bonds is 5. The van der Waals surface area contributed by atoms with Crippen LogP contribution in [0.3, 0.4) is 0 Å². The van der Waals surface area contributed by atoms with Crippen molar-refractivity contribution in [3.05, 3.63) is 47.2 Å². The van der Waals surface area contributed by atoms with Gasteiger partial charge in [0.2, 0.25) is 0 Å². The van der Waals surface area contributed by atoms with E-state index in [0.717, 1.165) is 11.4 Å². The number of hydrogen-bond acceptors (Lipinski definition) is 2. The zero-order valence-electron chi connectivity index (χ0n) is 12.4. The summed E-state index contributed by atoms with van der Waals surface area (Å²) in [5.41, 5.74) is 1.92. The summed E-state index contributed by atoms with van der Waals surface area (Å²) in [5, 5.41) is 10.8. The van der Waals surface area contributed by atoms with E-state index in [-0.39, 0.29) is 5.92 Å². The number of hydrogen-bond donors (Lipinski definition) is 1. The van der Waals surface area contributed by atoms with E-state index in [2.05, 4.69) is 12.0 Å². The average molecular weight is 326 g/mol. The molecule has 114 valence electrons. The predicted molar refractivity (Wildman–Crippen MR) is 88.0 cm³/mol. The first-order chi connectivity index (χ1) is 9.79. The minimum absolute atomic E-state index is 0.182. The third-order valence-corrected chi connectivity index (χ3v) is 5.06. The molecule has 2 aromatic rings. The van der Waals surface area contributed by atoms with E-state index in [1.54, 1.807) is 0 Å². The lowest BCUT2D eigenvalue weighted by molar-refractivity contribution is 0.531. The zero-order chi connectivity index (χ0) is 15.6. The highest BCUT2D eigenvalue weighted by Crippen LogP contribution is 2.27. The molecule has 2 atom stereocenters. The second-order valence-corrected chi connectivity index (χ2v) is 7.96. The molecule has 0 spiro atoms. The van der Waals surface area contributed by atoms with Crippen molar-refractivity contribution >= 4 is 22.6 Å². The topological polar surface area (TPSA) is 60.9 Å². The molecule has 6 heteroatoms. The van der Waals surface area contributed by atoms with Crippen LogP contribution in [0.5, 0.6) is 0 Å². The van der Waals surface area contributed by atoms with Crippen LogP contribution in [0.15, 0.2) is 36.5 Å². The fraction of sp³-hybridized carbons (Fsp3) is 0.400. The molecule has 0 saturated heterocycles. The Bertz CT molecular complexity index is 637. The minimum Gasteiger partial charge on any atom is -0.251 e. The van der Waals surface area contributed by atoms with Gasteiger partial charge in [-0.25, -0.2) is 8.89 Å². The maximum Gasteiger partial charge on any atom is 0.0945 e. The van der Waals surface area contributed by atoms with Gasteiger partial charge in [0, 0.05) is 17.1 Å². The van der Waals surface area contributed by atoms with Gasteiger partial charge in [-0.15, -0.1) is 0 Å². The van der Waals surface area contributed by atoms with Crippen LogP contribution in [0.25, 0.3) is 5.69 Å². The molecule has 0 amide bonds. The van der Waals surface area contributed by atoms with Gasteiger partial charge < -0.3 is 0 Å². The van der Waals surface area contributed by atoms with Gasteiger partial charge in [0.05, 0.1) is 27.1 Å². The number of benzene rings is 1. The van der Waals surface area contributed by atoms with Gasteiger partial charge in [0.15, 0.2) is 0 Å². The van der Waals surface area contributed by atoms with Crippen LogP contribution in [0, 0.1) is 0 Å². The molecule has 1 aromatic carbocycles. The van der Waals surface area contributed by atoms with Crippen molar-refractivity contribution in [2.75, 3.05) is 0 Å². The van der Waals surface area contributed by atoms with Gasteiger partial charge in [0.1, 0.15) is 0 Å². The summed E-state index contributed by atoms with van der Waals surface area (Å²) in [6.07, 6.45) is 2.63. The second-order valence-electron chi connectivity index (χ2n) is 5.82. The van der Waals surface area contributed by atoms with Gasteiger partial charge in [-0.3, -0.25) is 5.14 Å². The molecule has 1 aromatic heterocycles. The van der Waals surface area contributed by atoms with Crippen LogP contribution < -0.4 is 5.14 Å². The van der Waals surface area contributed by atoms with E-state index in [9.17, 15) is 4.21 Å². The Morgan fingerprint density at radius 1 is 1.33 bits per heavy atom. The lowest BCUT2D eigenvalue weighted by Crippen LogP contribution is -2.33. The highest BCUT2D eigenvalue weighted by molar-refractivity contribution is 7.84. The molecule has 0 aliphatic heterocycles. The molecule has 4 nitrogen and oxygen atoms in total. The largest absolute Gasteiger partial charge is 0.251 e. The number of aromatic nitrogens is 2. The van der Waals surface area contributed by atoms with Crippen LogP contribution >= 0.6 is 11.6 Å². The molecule has 0 bridgehead atoms. The number of nitrogens with zero attached hydrogens (tertiary/aromatic N) is 2. The molecule has 0 radical (unpaired) electrons. The smallest absolute Gasteiger partial charge is 0.0945 e. The Kier molecular flexibility index (Phi) is 4.86. The van der Waals surface area contributed by atoms with E-state index >= 15 is 0 Å². The molecule has 0 saturated carbocycles. The highest BCUT2D eigenvalue weighted by atomic mass is 35.5. The summed E-state index contributed by atoms with van der Waals surface area (Å²) >= 11 is 5.89. The monoisotopic (exact) mass is 325 g/mol. The third kappa shape index (κ3) is 3.93. The second kappa shape index (κ2) is 6.30. The van der Waals surface area contributed by atoms with E-state index < -0.39 is 15.7 Å². The molecule has 0 aliphatic carbocycles. The summed E-state index contributed by atoms with van der Waals surface area (Å²) in [5.74, 6) is 0.182. The molecule has 1 unspecified atom stereocenters. The van der Waals surface area contributed by atoms with Gasteiger partial charge >= 0.3 is 0 Å². The maximum atomic E-state index is 11.5. The molecule has 1 heterocycles. The number of nitrogens with two attached hydrogens (primary N) is 1. The lowest BCUT2D eigenvalue weighted by atomic mass is 9.95. The molecular formula is C15H20ClN3OS. The maximum absolute atomic E-state index is 11.5. The molecule has 2 N–H and O–H groups in total.